The van der Waals surface area contributed by atoms with Gasteiger partial charge in [0.25, 0.3) is 5.91 Å². The number of amides is 2. The number of thiophene rings is 1. The molecule has 3 aliphatic rings. The largest absolute Gasteiger partial charge is 0.481 e. The van der Waals surface area contributed by atoms with E-state index in [-0.39, 0.29) is 36.2 Å². The van der Waals surface area contributed by atoms with E-state index in [4.69, 9.17) is 4.74 Å². The number of carboxylic acid groups (broad SMARTS) is 1. The fraction of sp³-hybridized carbons (Fsp3) is 0.296. The minimum absolute atomic E-state index is 0.00916. The molecule has 0 radical (unpaired) electrons. The van der Waals surface area contributed by atoms with Crippen LogP contribution in [0.1, 0.15) is 28.0 Å². The molecule has 35 heavy (non-hydrogen) atoms. The van der Waals surface area contributed by atoms with Crippen LogP contribution >= 0.6 is 11.3 Å². The van der Waals surface area contributed by atoms with Crippen molar-refractivity contribution in [2.75, 3.05) is 19.7 Å². The minimum Gasteiger partial charge on any atom is -0.481 e. The van der Waals surface area contributed by atoms with Crippen LogP contribution in [0.15, 0.2) is 66.0 Å². The van der Waals surface area contributed by atoms with E-state index in [1.807, 2.05) is 41.8 Å². The van der Waals surface area contributed by atoms with E-state index in [0.29, 0.717) is 13.1 Å². The number of nitrogens with one attached hydrogen (secondary N) is 1. The van der Waals surface area contributed by atoms with Gasteiger partial charge in [-0.15, -0.1) is 11.3 Å². The fourth-order valence-electron chi connectivity index (χ4n) is 5.72. The monoisotopic (exact) mass is 488 g/mol. The highest BCUT2D eigenvalue weighted by atomic mass is 32.1. The Labute approximate surface area is 206 Å². The average Bonchev–Trinajstić information content (AvgIpc) is 3.29. The number of benzene rings is 2. The topological polar surface area (TPSA) is 95.9 Å². The van der Waals surface area contributed by atoms with E-state index >= 15 is 0 Å². The summed E-state index contributed by atoms with van der Waals surface area (Å²) in [5.74, 6) is -1.42. The molecule has 1 saturated carbocycles. The van der Waals surface area contributed by atoms with Crippen molar-refractivity contribution < 1.29 is 24.2 Å². The van der Waals surface area contributed by atoms with Gasteiger partial charge in [0.1, 0.15) is 12.6 Å². The highest BCUT2D eigenvalue weighted by Crippen LogP contribution is 2.52. The van der Waals surface area contributed by atoms with Gasteiger partial charge < -0.3 is 20.1 Å². The van der Waals surface area contributed by atoms with Crippen molar-refractivity contribution in [2.24, 2.45) is 17.8 Å². The summed E-state index contributed by atoms with van der Waals surface area (Å²) < 4.78 is 5.67. The van der Waals surface area contributed by atoms with Crippen LogP contribution in [0, 0.1) is 17.8 Å². The molecule has 2 aromatic carbocycles. The van der Waals surface area contributed by atoms with Gasteiger partial charge in [-0.2, -0.15) is 0 Å². The summed E-state index contributed by atoms with van der Waals surface area (Å²) in [6.07, 6.45) is -0.647. The molecular formula is C27H24N2O5S. The number of carbonyl (C=O) groups is 3. The number of hydrogen-bond acceptors (Lipinski definition) is 5. The molecule has 2 amide bonds. The minimum atomic E-state index is -0.855. The van der Waals surface area contributed by atoms with Crippen molar-refractivity contribution in [3.8, 4) is 11.1 Å². The van der Waals surface area contributed by atoms with E-state index in [1.165, 1.54) is 11.3 Å². The zero-order valence-corrected chi connectivity index (χ0v) is 19.6. The van der Waals surface area contributed by atoms with Gasteiger partial charge in [0, 0.05) is 23.9 Å². The lowest BCUT2D eigenvalue weighted by Gasteiger charge is -2.25. The summed E-state index contributed by atoms with van der Waals surface area (Å²) in [7, 11) is 0. The van der Waals surface area contributed by atoms with Gasteiger partial charge in [0.15, 0.2) is 0 Å². The lowest BCUT2D eigenvalue weighted by Crippen LogP contribution is -2.43. The Kier molecular flexibility index (Phi) is 5.33. The third kappa shape index (κ3) is 3.78. The zero-order chi connectivity index (χ0) is 24.1. The molecule has 0 bridgehead atoms. The molecule has 3 aromatic rings. The highest BCUT2D eigenvalue weighted by Gasteiger charge is 2.61. The first-order chi connectivity index (χ1) is 17.0. The van der Waals surface area contributed by atoms with Crippen molar-refractivity contribution in [3.05, 3.63) is 82.0 Å². The smallest absolute Gasteiger partial charge is 0.408 e. The van der Waals surface area contributed by atoms with Gasteiger partial charge in [-0.3, -0.25) is 9.59 Å². The van der Waals surface area contributed by atoms with Crippen LogP contribution in [0.5, 0.6) is 0 Å². The van der Waals surface area contributed by atoms with E-state index < -0.39 is 18.1 Å². The summed E-state index contributed by atoms with van der Waals surface area (Å²) in [4.78, 5) is 39.9. The van der Waals surface area contributed by atoms with Gasteiger partial charge in [0.2, 0.25) is 0 Å². The number of likely N-dealkylation sites (tertiary alicyclic amines) is 1. The number of alkyl carbamates (subject to hydrolysis) is 1. The Bertz CT molecular complexity index is 1250. The van der Waals surface area contributed by atoms with Crippen LogP contribution in [-0.4, -0.2) is 47.7 Å². The summed E-state index contributed by atoms with van der Waals surface area (Å²) in [5.41, 5.74) is 4.54. The summed E-state index contributed by atoms with van der Waals surface area (Å²) in [6.45, 7) is 0.989. The van der Waals surface area contributed by atoms with Gasteiger partial charge in [-0.05, 0) is 45.5 Å². The Balaban J connectivity index is 1.14. The SMILES string of the molecule is O=C(NC(C(=O)N1C[C@@H]2C(C(=O)O)[C@@H]2C1)c1cccs1)OCC1c2ccccc2-c2ccccc21. The normalized spacial score (nSPS) is 22.6. The summed E-state index contributed by atoms with van der Waals surface area (Å²) in [5, 5.41) is 13.9. The zero-order valence-electron chi connectivity index (χ0n) is 18.8. The van der Waals surface area contributed by atoms with Crippen molar-refractivity contribution in [2.45, 2.75) is 12.0 Å². The van der Waals surface area contributed by atoms with Crippen LogP contribution in [0.4, 0.5) is 4.79 Å². The number of carbonyl (C=O) groups excluding carboxylic acids is 2. The quantitative estimate of drug-likeness (QED) is 0.544. The Hall–Kier alpha value is -3.65. The number of rotatable bonds is 6. The molecule has 8 heteroatoms. The molecule has 0 spiro atoms. The molecular weight excluding hydrogens is 464 g/mol. The molecule has 1 saturated heterocycles. The van der Waals surface area contributed by atoms with Gasteiger partial charge in [-0.25, -0.2) is 4.79 Å². The van der Waals surface area contributed by atoms with Crippen molar-refractivity contribution in [1.82, 2.24) is 10.2 Å². The lowest BCUT2D eigenvalue weighted by molar-refractivity contribution is -0.141. The molecule has 2 unspecified atom stereocenters. The van der Waals surface area contributed by atoms with Crippen LogP contribution in [0.3, 0.4) is 0 Å². The van der Waals surface area contributed by atoms with E-state index in [2.05, 4.69) is 29.6 Å². The number of hydrogen-bond donors (Lipinski definition) is 2. The molecule has 2 N–H and O–H groups in total. The van der Waals surface area contributed by atoms with Gasteiger partial charge in [-0.1, -0.05) is 54.6 Å². The van der Waals surface area contributed by atoms with Crippen LogP contribution in [-0.2, 0) is 14.3 Å². The Morgan fingerprint density at radius 3 is 2.17 bits per heavy atom. The summed E-state index contributed by atoms with van der Waals surface area (Å²) >= 11 is 1.39. The molecule has 7 nitrogen and oxygen atoms in total. The van der Waals surface area contributed by atoms with Crippen LogP contribution < -0.4 is 5.32 Å². The predicted molar refractivity (Wildman–Crippen MR) is 130 cm³/mol. The standard InChI is InChI=1S/C27H24N2O5S/c30-25(29-12-19-20(13-29)23(19)26(31)32)24(22-10-5-11-35-22)28-27(33)34-14-21-17-8-3-1-6-15(17)16-7-2-4-9-18(16)21/h1-11,19-21,23-24H,12-14H2,(H,28,33)(H,31,32)/t19-,20+,23?,24?. The maximum atomic E-state index is 13.3. The third-order valence-corrected chi connectivity index (χ3v) is 8.41. The number of ether oxygens (including phenoxy) is 1. The molecule has 6 rings (SSSR count). The predicted octanol–water partition coefficient (Wildman–Crippen LogP) is 4.12. The number of nitrogens with zero attached hydrogens (tertiary/aromatic N) is 1. The molecule has 2 fully saturated rings. The van der Waals surface area contributed by atoms with E-state index in [1.54, 1.807) is 4.90 Å². The Morgan fingerprint density at radius 2 is 1.60 bits per heavy atom. The first-order valence-corrected chi connectivity index (χ1v) is 12.6. The molecule has 1 aliphatic heterocycles. The first-order valence-electron chi connectivity index (χ1n) is 11.7. The molecule has 4 atom stereocenters. The second-order valence-corrected chi connectivity index (χ2v) is 10.3. The number of fused-ring (bicyclic) bond motifs is 4. The van der Waals surface area contributed by atoms with E-state index in [0.717, 1.165) is 27.1 Å². The molecule has 2 heterocycles. The van der Waals surface area contributed by atoms with Crippen molar-refractivity contribution >= 4 is 29.3 Å². The third-order valence-electron chi connectivity index (χ3n) is 7.47. The van der Waals surface area contributed by atoms with Gasteiger partial charge >= 0.3 is 12.1 Å². The van der Waals surface area contributed by atoms with Crippen molar-refractivity contribution in [1.29, 1.82) is 0 Å². The molecule has 178 valence electrons. The Morgan fingerprint density at radius 1 is 0.971 bits per heavy atom. The van der Waals surface area contributed by atoms with E-state index in [9.17, 15) is 19.5 Å². The molecule has 2 aliphatic carbocycles. The number of aliphatic carboxylic acids is 1. The number of piperidine rings is 1. The average molecular weight is 489 g/mol. The highest BCUT2D eigenvalue weighted by molar-refractivity contribution is 7.10. The number of carboxylic acids is 1. The van der Waals surface area contributed by atoms with Crippen LogP contribution in [0.25, 0.3) is 11.1 Å². The molecule has 1 aromatic heterocycles. The second kappa shape index (κ2) is 8.53. The van der Waals surface area contributed by atoms with Crippen molar-refractivity contribution in [3.63, 3.8) is 0 Å². The lowest BCUT2D eigenvalue weighted by atomic mass is 9.98. The second-order valence-electron chi connectivity index (χ2n) is 9.35. The maximum Gasteiger partial charge on any atom is 0.408 e. The van der Waals surface area contributed by atoms with Gasteiger partial charge in [0.05, 0.1) is 5.92 Å². The fourth-order valence-corrected chi connectivity index (χ4v) is 6.49. The first kappa shape index (κ1) is 21.9. The van der Waals surface area contributed by atoms with Crippen LogP contribution in [0.2, 0.25) is 0 Å². The summed E-state index contributed by atoms with van der Waals surface area (Å²) in [6, 6.07) is 19.0. The maximum absolute atomic E-state index is 13.3.